The Morgan fingerprint density at radius 3 is 2.28 bits per heavy atom. The molecule has 3 amide bonds. The normalized spacial score (nSPS) is 17.9. The zero-order valence-corrected chi connectivity index (χ0v) is 23.5. The van der Waals surface area contributed by atoms with Crippen molar-refractivity contribution in [3.63, 3.8) is 0 Å². The number of likely N-dealkylation sites (tertiary alicyclic amines) is 1. The Morgan fingerprint density at radius 2 is 1.64 bits per heavy atom. The number of carbonyl (C=O) groups excluding carboxylic acids is 2. The summed E-state index contributed by atoms with van der Waals surface area (Å²) in [7, 11) is -2.13. The average Bonchev–Trinajstić information content (AvgIpc) is 3.28. The van der Waals surface area contributed by atoms with E-state index in [2.05, 4.69) is 28.7 Å². The topological polar surface area (TPSA) is 116 Å². The zero-order valence-electron chi connectivity index (χ0n) is 22.7. The quantitative estimate of drug-likeness (QED) is 0.499. The maximum Gasteiger partial charge on any atom is 0.318 e. The van der Waals surface area contributed by atoms with E-state index in [1.807, 2.05) is 24.1 Å². The maximum atomic E-state index is 13.4. The lowest BCUT2D eigenvalue weighted by Gasteiger charge is -2.31. The lowest BCUT2D eigenvalue weighted by Crippen LogP contribution is -2.38. The number of sulfonamides is 1. The summed E-state index contributed by atoms with van der Waals surface area (Å²) in [4.78, 5) is 27.1. The summed E-state index contributed by atoms with van der Waals surface area (Å²) in [6.45, 7) is 6.48. The van der Waals surface area contributed by atoms with Gasteiger partial charge in [0.05, 0.1) is 21.7 Å². The number of amides is 3. The number of hydrogen-bond acceptors (Lipinski definition) is 5. The summed E-state index contributed by atoms with van der Waals surface area (Å²) >= 11 is 0. The molecule has 2 aliphatic rings. The molecule has 0 spiro atoms. The van der Waals surface area contributed by atoms with E-state index in [4.69, 9.17) is 0 Å². The predicted octanol–water partition coefficient (Wildman–Crippen LogP) is 3.83. The molecule has 1 aromatic carbocycles. The molecule has 39 heavy (non-hydrogen) atoms. The van der Waals surface area contributed by atoms with Crippen LogP contribution in [0.2, 0.25) is 0 Å². The van der Waals surface area contributed by atoms with Crippen LogP contribution in [0.3, 0.4) is 0 Å². The molecule has 4 heterocycles. The highest BCUT2D eigenvalue weighted by atomic mass is 32.2. The Labute approximate surface area is 229 Å². The van der Waals surface area contributed by atoms with Crippen molar-refractivity contribution < 1.29 is 18.0 Å². The molecule has 0 saturated carbocycles. The van der Waals surface area contributed by atoms with Crippen molar-refractivity contribution in [2.24, 2.45) is 5.92 Å². The first-order chi connectivity index (χ1) is 18.7. The molecule has 2 saturated heterocycles. The molecule has 0 atom stereocenters. The fraction of sp³-hybridized carbons (Fsp3) is 0.464. The fourth-order valence-electron chi connectivity index (χ4n) is 5.55. The molecule has 0 aliphatic carbocycles. The zero-order chi connectivity index (χ0) is 27.7. The van der Waals surface area contributed by atoms with Gasteiger partial charge in [-0.3, -0.25) is 4.79 Å². The van der Waals surface area contributed by atoms with Gasteiger partial charge in [0.15, 0.2) is 0 Å². The smallest absolute Gasteiger partial charge is 0.318 e. The standard InChI is InChI=1S/C28H36N6O4S/c1-19-8-13-32(14-9-19)27(35)26-20(2)31-34-17-12-22(18-25(26)34)21-10-15-33(16-11-21)39(37,38)24-6-4-23(5-7-24)30-28(36)29-3/h4-7,12,17-19,21H,8-11,13-16H2,1-3H3,(H2,29,30,36). The van der Waals surface area contributed by atoms with Crippen LogP contribution in [0.15, 0.2) is 47.5 Å². The van der Waals surface area contributed by atoms with Gasteiger partial charge >= 0.3 is 6.03 Å². The number of rotatable bonds is 5. The molecule has 2 N–H and O–H groups in total. The maximum absolute atomic E-state index is 13.4. The third kappa shape index (κ3) is 5.51. The second kappa shape index (κ2) is 11.0. The number of hydrogen-bond donors (Lipinski definition) is 2. The summed E-state index contributed by atoms with van der Waals surface area (Å²) in [6, 6.07) is 9.93. The van der Waals surface area contributed by atoms with Crippen LogP contribution < -0.4 is 10.6 Å². The van der Waals surface area contributed by atoms with E-state index in [1.165, 1.54) is 23.5 Å². The molecule has 2 aromatic heterocycles. The number of aryl methyl sites for hydroxylation is 1. The van der Waals surface area contributed by atoms with Crippen LogP contribution in [0.5, 0.6) is 0 Å². The van der Waals surface area contributed by atoms with Gasteiger partial charge in [0, 0.05) is 45.1 Å². The van der Waals surface area contributed by atoms with Crippen molar-refractivity contribution in [3.8, 4) is 0 Å². The molecule has 208 valence electrons. The van der Waals surface area contributed by atoms with Crippen LogP contribution in [0, 0.1) is 12.8 Å². The number of piperidine rings is 2. The summed E-state index contributed by atoms with van der Waals surface area (Å²) in [5.74, 6) is 0.879. The molecule has 2 fully saturated rings. The molecule has 11 heteroatoms. The van der Waals surface area contributed by atoms with E-state index < -0.39 is 10.0 Å². The molecule has 5 rings (SSSR count). The molecule has 0 unspecified atom stereocenters. The number of benzene rings is 1. The second-order valence-electron chi connectivity index (χ2n) is 10.6. The first-order valence-corrected chi connectivity index (χ1v) is 15.0. The van der Waals surface area contributed by atoms with Crippen LogP contribution in [-0.4, -0.2) is 72.4 Å². The Kier molecular flexibility index (Phi) is 7.64. The van der Waals surface area contributed by atoms with Crippen LogP contribution in [-0.2, 0) is 10.0 Å². The number of fused-ring (bicyclic) bond motifs is 1. The number of anilines is 1. The second-order valence-corrected chi connectivity index (χ2v) is 12.6. The molecular formula is C28H36N6O4S. The van der Waals surface area contributed by atoms with E-state index in [1.54, 1.807) is 16.6 Å². The molecular weight excluding hydrogens is 516 g/mol. The average molecular weight is 553 g/mol. The van der Waals surface area contributed by atoms with E-state index in [0.717, 1.165) is 42.7 Å². The summed E-state index contributed by atoms with van der Waals surface area (Å²) < 4.78 is 29.8. The van der Waals surface area contributed by atoms with Gasteiger partial charge in [0.1, 0.15) is 0 Å². The third-order valence-electron chi connectivity index (χ3n) is 8.02. The van der Waals surface area contributed by atoms with Gasteiger partial charge in [-0.2, -0.15) is 9.40 Å². The largest absolute Gasteiger partial charge is 0.341 e. The minimum atomic E-state index is -3.64. The Morgan fingerprint density at radius 1 is 0.974 bits per heavy atom. The Hall–Kier alpha value is -3.44. The minimum absolute atomic E-state index is 0.0454. The van der Waals surface area contributed by atoms with Crippen molar-refractivity contribution in [3.05, 3.63) is 59.4 Å². The van der Waals surface area contributed by atoms with Crippen molar-refractivity contribution in [2.75, 3.05) is 38.5 Å². The molecule has 3 aromatic rings. The van der Waals surface area contributed by atoms with Crippen molar-refractivity contribution >= 4 is 33.2 Å². The summed E-state index contributed by atoms with van der Waals surface area (Å²) in [5, 5.41) is 9.68. The van der Waals surface area contributed by atoms with Crippen molar-refractivity contribution in [2.45, 2.75) is 50.3 Å². The number of nitrogens with one attached hydrogen (secondary N) is 2. The summed E-state index contributed by atoms with van der Waals surface area (Å²) in [5.41, 5.74) is 3.83. The van der Waals surface area contributed by atoms with Crippen molar-refractivity contribution in [1.29, 1.82) is 0 Å². The van der Waals surface area contributed by atoms with Crippen LogP contribution >= 0.6 is 0 Å². The third-order valence-corrected chi connectivity index (χ3v) is 9.93. The van der Waals surface area contributed by atoms with E-state index in [0.29, 0.717) is 43.1 Å². The van der Waals surface area contributed by atoms with Gasteiger partial charge in [0.2, 0.25) is 10.0 Å². The number of pyridine rings is 1. The van der Waals surface area contributed by atoms with Gasteiger partial charge in [-0.25, -0.2) is 17.7 Å². The van der Waals surface area contributed by atoms with Gasteiger partial charge in [-0.05, 0) is 86.4 Å². The lowest BCUT2D eigenvalue weighted by molar-refractivity contribution is 0.0698. The van der Waals surface area contributed by atoms with Gasteiger partial charge in [0.25, 0.3) is 5.91 Å². The highest BCUT2D eigenvalue weighted by Gasteiger charge is 2.31. The highest BCUT2D eigenvalue weighted by molar-refractivity contribution is 7.89. The minimum Gasteiger partial charge on any atom is -0.341 e. The first-order valence-electron chi connectivity index (χ1n) is 13.5. The number of carbonyl (C=O) groups is 2. The lowest BCUT2D eigenvalue weighted by atomic mass is 9.90. The SMILES string of the molecule is CNC(=O)Nc1ccc(S(=O)(=O)N2CCC(c3ccn4nc(C)c(C(=O)N5CCC(C)CC5)c4c3)CC2)cc1. The predicted molar refractivity (Wildman–Crippen MR) is 149 cm³/mol. The Bertz CT molecular complexity index is 1470. The molecule has 10 nitrogen and oxygen atoms in total. The van der Waals surface area contributed by atoms with Crippen molar-refractivity contribution in [1.82, 2.24) is 24.1 Å². The highest BCUT2D eigenvalue weighted by Crippen LogP contribution is 2.33. The van der Waals surface area contributed by atoms with Gasteiger partial charge < -0.3 is 15.5 Å². The van der Waals surface area contributed by atoms with Gasteiger partial charge in [-0.15, -0.1) is 0 Å². The van der Waals surface area contributed by atoms with E-state index in [9.17, 15) is 18.0 Å². The van der Waals surface area contributed by atoms with E-state index >= 15 is 0 Å². The van der Waals surface area contributed by atoms with Crippen LogP contribution in [0.4, 0.5) is 10.5 Å². The number of aromatic nitrogens is 2. The molecule has 0 bridgehead atoms. The fourth-order valence-corrected chi connectivity index (χ4v) is 7.02. The van der Waals surface area contributed by atoms with Crippen LogP contribution in [0.25, 0.3) is 5.52 Å². The monoisotopic (exact) mass is 552 g/mol. The Balaban J connectivity index is 1.29. The number of nitrogens with zero attached hydrogens (tertiary/aromatic N) is 4. The molecule has 2 aliphatic heterocycles. The number of urea groups is 1. The van der Waals surface area contributed by atoms with E-state index in [-0.39, 0.29) is 22.8 Å². The first kappa shape index (κ1) is 27.1. The summed E-state index contributed by atoms with van der Waals surface area (Å²) in [6.07, 6.45) is 5.32. The van der Waals surface area contributed by atoms with Gasteiger partial charge in [-0.1, -0.05) is 6.92 Å². The van der Waals surface area contributed by atoms with Crippen LogP contribution in [0.1, 0.15) is 60.1 Å². The molecule has 0 radical (unpaired) electrons.